The number of hydrogen-bond acceptors (Lipinski definition) is 0. The van der Waals surface area contributed by atoms with Crippen LogP contribution >= 0.6 is 0 Å². The van der Waals surface area contributed by atoms with Gasteiger partial charge in [-0.1, -0.05) is 223 Å². The summed E-state index contributed by atoms with van der Waals surface area (Å²) in [5.74, 6) is 4.74. The minimum Gasteiger partial charge on any atom is -0.106 e. The molecule has 0 amide bonds. The molecule has 44 heavy (non-hydrogen) atoms. The molecule has 0 aromatic carbocycles. The Balaban J connectivity index is -0.0000000306. The van der Waals surface area contributed by atoms with E-state index in [2.05, 4.69) is 186 Å². The summed E-state index contributed by atoms with van der Waals surface area (Å²) < 4.78 is 0. The Labute approximate surface area is 291 Å². The van der Waals surface area contributed by atoms with Crippen LogP contribution in [0.5, 0.6) is 0 Å². The van der Waals surface area contributed by atoms with Crippen molar-refractivity contribution in [3.8, 4) is 0 Å². The van der Waals surface area contributed by atoms with Gasteiger partial charge in [0.15, 0.2) is 0 Å². The zero-order valence-corrected chi connectivity index (χ0v) is 37.2. The Morgan fingerprint density at radius 1 is 0.386 bits per heavy atom. The van der Waals surface area contributed by atoms with Crippen LogP contribution in [0.15, 0.2) is 26.3 Å². The largest absolute Gasteiger partial charge is 0.106 e. The molecular formula is C44H106. The maximum Gasteiger partial charge on any atom is -0.0414 e. The van der Waals surface area contributed by atoms with Crippen molar-refractivity contribution in [1.82, 2.24) is 0 Å². The first-order valence-corrected chi connectivity index (χ1v) is 19.6. The molecule has 0 aromatic rings. The topological polar surface area (TPSA) is 0 Å². The maximum atomic E-state index is 3.00. The molecular weight excluding hydrogens is 528 g/mol. The molecule has 0 heteroatoms. The van der Waals surface area contributed by atoms with Crippen molar-refractivity contribution in [2.24, 2.45) is 29.6 Å². The monoisotopic (exact) mass is 635 g/mol. The lowest BCUT2D eigenvalue weighted by Gasteiger charge is -2.05. The molecule has 0 saturated heterocycles. The molecule has 1 aliphatic carbocycles. The first kappa shape index (κ1) is 74.4. The highest BCUT2D eigenvalue weighted by atomic mass is 14.3. The van der Waals surface area contributed by atoms with Gasteiger partial charge in [-0.3, -0.25) is 0 Å². The van der Waals surface area contributed by atoms with Gasteiger partial charge in [-0.2, -0.15) is 0 Å². The van der Waals surface area contributed by atoms with E-state index in [1.165, 1.54) is 77.0 Å². The van der Waals surface area contributed by atoms with Crippen LogP contribution in [0.2, 0.25) is 0 Å². The fraction of sp³-hybridized carbons (Fsp3) is 0.909. The van der Waals surface area contributed by atoms with E-state index in [0.717, 1.165) is 29.6 Å². The third-order valence-corrected chi connectivity index (χ3v) is 4.27. The summed E-state index contributed by atoms with van der Waals surface area (Å²) in [6, 6.07) is 0. The van der Waals surface area contributed by atoms with E-state index in [9.17, 15) is 0 Å². The molecule has 1 rings (SSSR count). The Morgan fingerprint density at radius 3 is 0.500 bits per heavy atom. The predicted molar refractivity (Wildman–Crippen MR) is 226 cm³/mol. The van der Waals surface area contributed by atoms with Crippen LogP contribution in [0, 0.1) is 29.6 Å². The lowest BCUT2D eigenvalue weighted by atomic mass is 10.0. The van der Waals surface area contributed by atoms with Gasteiger partial charge in [0.25, 0.3) is 0 Å². The molecule has 0 aromatic heterocycles. The van der Waals surface area contributed by atoms with Crippen LogP contribution in [0.3, 0.4) is 0 Å². The molecule has 0 bridgehead atoms. The predicted octanol–water partition coefficient (Wildman–Crippen LogP) is 18.7. The lowest BCUT2D eigenvalue weighted by Crippen LogP contribution is -1.93. The highest BCUT2D eigenvalue weighted by Gasteiger charge is 2.26. The summed E-state index contributed by atoms with van der Waals surface area (Å²) in [5, 5.41) is 0. The van der Waals surface area contributed by atoms with Gasteiger partial charge >= 0.3 is 0 Å². The number of hydrogen-bond donors (Lipinski definition) is 0. The molecule has 0 N–H and O–H groups in total. The van der Waals surface area contributed by atoms with Crippen LogP contribution in [0.4, 0.5) is 0 Å². The Kier molecular flexibility index (Phi) is 176. The standard InChI is InChI=1S/C7H16.C5H10.C5H12.2C4H10.5C3H8.2C2H4/c1-6(2)5-7(3)4;1-4-3-5(4)2;1-4-5(2)3;2*1-3-4-2;5*1-3-2;2*1-2/h6-7H,5H2,1-4H3;4-5H,3H2,1-2H3;5H,4H2,1-3H3;2*3-4H2,1-2H3;5*3H2,1-2H3;2*1-2H2. The minimum atomic E-state index is 0.875. The Morgan fingerprint density at radius 2 is 0.500 bits per heavy atom. The molecule has 1 saturated carbocycles. The molecule has 1 fully saturated rings. The van der Waals surface area contributed by atoms with E-state index < -0.39 is 0 Å². The quantitative estimate of drug-likeness (QED) is 0.264. The third-order valence-electron chi connectivity index (χ3n) is 4.27. The fourth-order valence-electron chi connectivity index (χ4n) is 1.45. The molecule has 0 spiro atoms. The van der Waals surface area contributed by atoms with E-state index in [1.807, 2.05) is 0 Å². The number of unbranched alkanes of at least 4 members (excludes halogenated alkanes) is 2. The van der Waals surface area contributed by atoms with Crippen molar-refractivity contribution in [1.29, 1.82) is 0 Å². The van der Waals surface area contributed by atoms with Crippen molar-refractivity contribution >= 4 is 0 Å². The molecule has 0 aliphatic heterocycles. The average Bonchev–Trinajstić information content (AvgIpc) is 3.64. The second kappa shape index (κ2) is 104. The highest BCUT2D eigenvalue weighted by Crippen LogP contribution is 2.36. The van der Waals surface area contributed by atoms with Gasteiger partial charge in [0.1, 0.15) is 0 Å². The van der Waals surface area contributed by atoms with Gasteiger partial charge in [0.2, 0.25) is 0 Å². The summed E-state index contributed by atoms with van der Waals surface area (Å²) >= 11 is 0. The van der Waals surface area contributed by atoms with Gasteiger partial charge < -0.3 is 0 Å². The van der Waals surface area contributed by atoms with Gasteiger partial charge in [0.05, 0.1) is 0 Å². The minimum absolute atomic E-state index is 0.875. The average molecular weight is 635 g/mol. The highest BCUT2D eigenvalue weighted by molar-refractivity contribution is 4.76. The second-order valence-electron chi connectivity index (χ2n) is 12.6. The summed E-state index contributed by atoms with van der Waals surface area (Å²) in [4.78, 5) is 0. The molecule has 1 aliphatic rings. The summed E-state index contributed by atoms with van der Waals surface area (Å²) in [5.41, 5.74) is 0. The molecule has 0 radical (unpaired) electrons. The van der Waals surface area contributed by atoms with Crippen molar-refractivity contribution in [2.45, 2.75) is 236 Å². The summed E-state index contributed by atoms with van der Waals surface area (Å²) in [6.45, 7) is 62.3. The van der Waals surface area contributed by atoms with Crippen LogP contribution in [0.1, 0.15) is 236 Å². The molecule has 0 heterocycles. The molecule has 282 valence electrons. The first-order valence-electron chi connectivity index (χ1n) is 19.6. The zero-order chi connectivity index (χ0) is 38.4. The number of rotatable bonds is 5. The van der Waals surface area contributed by atoms with Gasteiger partial charge in [-0.15, -0.1) is 26.3 Å². The summed E-state index contributed by atoms with van der Waals surface area (Å²) in [7, 11) is 0. The second-order valence-corrected chi connectivity index (χ2v) is 12.6. The zero-order valence-electron chi connectivity index (χ0n) is 37.2. The Hall–Kier alpha value is -0.520. The van der Waals surface area contributed by atoms with Crippen LogP contribution in [-0.4, -0.2) is 0 Å². The smallest absolute Gasteiger partial charge is 0.0414 e. The van der Waals surface area contributed by atoms with E-state index in [0.29, 0.717) is 0 Å². The van der Waals surface area contributed by atoms with Gasteiger partial charge in [0, 0.05) is 0 Å². The van der Waals surface area contributed by atoms with Crippen LogP contribution in [0.25, 0.3) is 0 Å². The van der Waals surface area contributed by atoms with Gasteiger partial charge in [-0.05, 0) is 42.4 Å². The maximum absolute atomic E-state index is 3.00. The van der Waals surface area contributed by atoms with Crippen molar-refractivity contribution in [2.75, 3.05) is 0 Å². The summed E-state index contributed by atoms with van der Waals surface area (Å²) in [6.07, 6.45) is 15.7. The molecule has 0 nitrogen and oxygen atoms in total. The van der Waals surface area contributed by atoms with E-state index in [-0.39, 0.29) is 0 Å². The van der Waals surface area contributed by atoms with Crippen molar-refractivity contribution in [3.05, 3.63) is 26.3 Å². The SMILES string of the molecule is C=C.C=C.CC(C)CC(C)C.CC1CC1C.CCC.CCC.CCC.CCC.CCC.CCC(C)C.CCCC.CCCC. The van der Waals surface area contributed by atoms with Crippen LogP contribution < -0.4 is 0 Å². The lowest BCUT2D eigenvalue weighted by molar-refractivity contribution is 0.469. The Bertz CT molecular complexity index is 238. The molecule has 2 unspecified atom stereocenters. The normalized spacial score (nSPS) is 12.0. The van der Waals surface area contributed by atoms with E-state index >= 15 is 0 Å². The van der Waals surface area contributed by atoms with E-state index in [1.54, 1.807) is 0 Å². The van der Waals surface area contributed by atoms with Gasteiger partial charge in [-0.25, -0.2) is 0 Å². The third kappa shape index (κ3) is 374. The fourth-order valence-corrected chi connectivity index (χ4v) is 1.45. The molecule has 2 atom stereocenters. The van der Waals surface area contributed by atoms with Crippen LogP contribution in [-0.2, 0) is 0 Å². The van der Waals surface area contributed by atoms with Crippen molar-refractivity contribution < 1.29 is 0 Å². The van der Waals surface area contributed by atoms with E-state index in [4.69, 9.17) is 0 Å². The van der Waals surface area contributed by atoms with Crippen molar-refractivity contribution in [3.63, 3.8) is 0 Å². The first-order chi connectivity index (χ1) is 20.6.